The molecule has 0 aromatic heterocycles. The van der Waals surface area contributed by atoms with Crippen molar-refractivity contribution in [3.63, 3.8) is 0 Å². The van der Waals surface area contributed by atoms with Gasteiger partial charge in [0.1, 0.15) is 0 Å². The van der Waals surface area contributed by atoms with Crippen LogP contribution in [0.3, 0.4) is 0 Å². The molecule has 100 valence electrons. The van der Waals surface area contributed by atoms with Crippen LogP contribution in [0.2, 0.25) is 0 Å². The Hall–Kier alpha value is -1.82. The molecule has 0 saturated heterocycles. The zero-order valence-corrected chi connectivity index (χ0v) is 10.6. The smallest absolute Gasteiger partial charge is 0.399 e. The average Bonchev–Trinajstić information content (AvgIpc) is 2.33. The third-order valence-electron chi connectivity index (χ3n) is 2.42. The van der Waals surface area contributed by atoms with Crippen molar-refractivity contribution in [2.45, 2.75) is 16.0 Å². The van der Waals surface area contributed by atoms with Crippen LogP contribution in [0.25, 0.3) is 0 Å². The maximum absolute atomic E-state index is 12.9. The first-order valence-corrected chi connectivity index (χ1v) is 6.18. The maximum atomic E-state index is 12.9. The van der Waals surface area contributed by atoms with Gasteiger partial charge < -0.3 is 11.5 Å². The second-order valence-electron chi connectivity index (χ2n) is 3.92. The molecule has 0 atom stereocenters. The third kappa shape index (κ3) is 3.35. The van der Waals surface area contributed by atoms with Crippen molar-refractivity contribution >= 4 is 23.1 Å². The Morgan fingerprint density at radius 1 is 0.842 bits per heavy atom. The van der Waals surface area contributed by atoms with Gasteiger partial charge in [-0.2, -0.15) is 13.2 Å². The van der Waals surface area contributed by atoms with Crippen LogP contribution in [-0.2, 0) is 6.18 Å². The molecule has 2 rings (SSSR count). The first-order valence-electron chi connectivity index (χ1n) is 5.36. The first-order chi connectivity index (χ1) is 8.86. The number of alkyl halides is 3. The van der Waals surface area contributed by atoms with E-state index in [4.69, 9.17) is 11.5 Å². The molecule has 0 radical (unpaired) electrons. The molecule has 0 aliphatic carbocycles. The lowest BCUT2D eigenvalue weighted by atomic mass is 10.2. The SMILES string of the molecule is Nc1ccc(Sc2ccc(N)cc2C(F)(F)F)cc1. The van der Waals surface area contributed by atoms with Gasteiger partial charge in [0.25, 0.3) is 0 Å². The number of nitrogens with two attached hydrogens (primary N) is 2. The highest BCUT2D eigenvalue weighted by molar-refractivity contribution is 7.99. The van der Waals surface area contributed by atoms with Crippen LogP contribution in [0.15, 0.2) is 52.3 Å². The molecule has 0 spiro atoms. The van der Waals surface area contributed by atoms with Gasteiger partial charge in [-0.25, -0.2) is 0 Å². The molecule has 0 unspecified atom stereocenters. The second-order valence-corrected chi connectivity index (χ2v) is 5.04. The number of hydrogen-bond donors (Lipinski definition) is 2. The van der Waals surface area contributed by atoms with Crippen LogP contribution in [0.1, 0.15) is 5.56 Å². The predicted molar refractivity (Wildman–Crippen MR) is 70.8 cm³/mol. The molecule has 2 nitrogen and oxygen atoms in total. The minimum absolute atomic E-state index is 0.0916. The molecular formula is C13H11F3N2S. The summed E-state index contributed by atoms with van der Waals surface area (Å²) in [4.78, 5) is 0.802. The van der Waals surface area contributed by atoms with E-state index < -0.39 is 11.7 Å². The Morgan fingerprint density at radius 3 is 2.00 bits per heavy atom. The molecule has 0 bridgehead atoms. The zero-order chi connectivity index (χ0) is 14.0. The van der Waals surface area contributed by atoms with Gasteiger partial charge in [-0.3, -0.25) is 0 Å². The van der Waals surface area contributed by atoms with Gasteiger partial charge in [0.05, 0.1) is 5.56 Å². The minimum atomic E-state index is -4.43. The predicted octanol–water partition coefficient (Wildman–Crippen LogP) is 4.02. The largest absolute Gasteiger partial charge is 0.417 e. The quantitative estimate of drug-likeness (QED) is 0.819. The van der Waals surface area contributed by atoms with E-state index in [1.165, 1.54) is 12.1 Å². The molecule has 19 heavy (non-hydrogen) atoms. The second kappa shape index (κ2) is 5.05. The van der Waals surface area contributed by atoms with Crippen LogP contribution < -0.4 is 11.5 Å². The summed E-state index contributed by atoms with van der Waals surface area (Å²) in [5.74, 6) is 0. The van der Waals surface area contributed by atoms with Crippen molar-refractivity contribution in [2.75, 3.05) is 11.5 Å². The normalized spacial score (nSPS) is 11.5. The van der Waals surface area contributed by atoms with Crippen molar-refractivity contribution < 1.29 is 13.2 Å². The Labute approximate surface area is 112 Å². The Morgan fingerprint density at radius 2 is 1.42 bits per heavy atom. The molecular weight excluding hydrogens is 273 g/mol. The van der Waals surface area contributed by atoms with Crippen LogP contribution in [0.4, 0.5) is 24.5 Å². The van der Waals surface area contributed by atoms with Crippen LogP contribution in [-0.4, -0.2) is 0 Å². The van der Waals surface area contributed by atoms with E-state index in [9.17, 15) is 13.2 Å². The summed E-state index contributed by atoms with van der Waals surface area (Å²) in [7, 11) is 0. The standard InChI is InChI=1S/C13H11F3N2S/c14-13(15,16)11-7-9(18)3-6-12(11)19-10-4-1-8(17)2-5-10/h1-7H,17-18H2. The van der Waals surface area contributed by atoms with Gasteiger partial charge in [0, 0.05) is 21.2 Å². The average molecular weight is 284 g/mol. The molecule has 6 heteroatoms. The fourth-order valence-corrected chi connectivity index (χ4v) is 2.47. The lowest BCUT2D eigenvalue weighted by Gasteiger charge is -2.13. The van der Waals surface area contributed by atoms with E-state index in [1.54, 1.807) is 24.3 Å². The fourth-order valence-electron chi connectivity index (χ4n) is 1.52. The summed E-state index contributed by atoms with van der Waals surface area (Å²) in [5.41, 5.74) is 10.9. The van der Waals surface area contributed by atoms with Crippen molar-refractivity contribution in [3.8, 4) is 0 Å². The summed E-state index contributed by atoms with van der Waals surface area (Å²) in [5, 5.41) is 0. The monoisotopic (exact) mass is 284 g/mol. The van der Waals surface area contributed by atoms with Crippen molar-refractivity contribution in [3.05, 3.63) is 48.0 Å². The van der Waals surface area contributed by atoms with Gasteiger partial charge in [-0.05, 0) is 42.5 Å². The maximum Gasteiger partial charge on any atom is 0.417 e. The van der Waals surface area contributed by atoms with Crippen LogP contribution in [0, 0.1) is 0 Å². The minimum Gasteiger partial charge on any atom is -0.399 e. The molecule has 2 aromatic rings. The highest BCUT2D eigenvalue weighted by Gasteiger charge is 2.33. The van der Waals surface area contributed by atoms with Crippen molar-refractivity contribution in [1.29, 1.82) is 0 Å². The summed E-state index contributed by atoms with van der Waals surface area (Å²) < 4.78 is 38.7. The van der Waals surface area contributed by atoms with Gasteiger partial charge in [-0.1, -0.05) is 11.8 Å². The Balaban J connectivity index is 2.37. The molecule has 0 saturated carbocycles. The van der Waals surface area contributed by atoms with E-state index in [0.717, 1.165) is 17.8 Å². The van der Waals surface area contributed by atoms with Gasteiger partial charge in [0.2, 0.25) is 0 Å². The van der Waals surface area contributed by atoms with E-state index in [2.05, 4.69) is 0 Å². The summed E-state index contributed by atoms with van der Waals surface area (Å²) in [6.45, 7) is 0. The topological polar surface area (TPSA) is 52.0 Å². The lowest BCUT2D eigenvalue weighted by Crippen LogP contribution is -2.07. The van der Waals surface area contributed by atoms with E-state index in [-0.39, 0.29) is 10.6 Å². The van der Waals surface area contributed by atoms with Gasteiger partial charge in [-0.15, -0.1) is 0 Å². The molecule has 4 N–H and O–H groups in total. The highest BCUT2D eigenvalue weighted by Crippen LogP contribution is 2.40. The van der Waals surface area contributed by atoms with Crippen LogP contribution in [0.5, 0.6) is 0 Å². The molecule has 0 fully saturated rings. The summed E-state index contributed by atoms with van der Waals surface area (Å²) in [6, 6.07) is 10.4. The van der Waals surface area contributed by atoms with E-state index in [0.29, 0.717) is 10.6 Å². The number of nitrogen functional groups attached to an aromatic ring is 2. The summed E-state index contributed by atoms with van der Waals surface area (Å²) >= 11 is 1.03. The Bertz CT molecular complexity index is 579. The summed E-state index contributed by atoms with van der Waals surface area (Å²) in [6.07, 6.45) is -4.43. The van der Waals surface area contributed by atoms with Gasteiger partial charge in [0.15, 0.2) is 0 Å². The first kappa shape index (κ1) is 13.6. The van der Waals surface area contributed by atoms with Gasteiger partial charge >= 0.3 is 6.18 Å². The number of halogens is 3. The lowest BCUT2D eigenvalue weighted by molar-refractivity contribution is -0.139. The third-order valence-corrected chi connectivity index (χ3v) is 3.50. The molecule has 0 heterocycles. The number of benzene rings is 2. The number of hydrogen-bond acceptors (Lipinski definition) is 3. The van der Waals surface area contributed by atoms with Crippen molar-refractivity contribution in [2.24, 2.45) is 0 Å². The molecule has 0 aliphatic rings. The molecule has 0 aliphatic heterocycles. The van der Waals surface area contributed by atoms with Crippen molar-refractivity contribution in [1.82, 2.24) is 0 Å². The number of rotatable bonds is 2. The van der Waals surface area contributed by atoms with E-state index in [1.807, 2.05) is 0 Å². The fraction of sp³-hybridized carbons (Fsp3) is 0.0769. The van der Waals surface area contributed by atoms with Crippen LogP contribution >= 0.6 is 11.8 Å². The zero-order valence-electron chi connectivity index (χ0n) is 9.74. The molecule has 2 aromatic carbocycles. The number of anilines is 2. The Kier molecular flexibility index (Phi) is 3.61. The molecule has 0 amide bonds. The van der Waals surface area contributed by atoms with E-state index >= 15 is 0 Å². The highest BCUT2D eigenvalue weighted by atomic mass is 32.2.